The lowest BCUT2D eigenvalue weighted by Gasteiger charge is -2.18. The van der Waals surface area contributed by atoms with Gasteiger partial charge in [0.2, 0.25) is 5.91 Å². The summed E-state index contributed by atoms with van der Waals surface area (Å²) in [6.45, 7) is 2.58. The van der Waals surface area contributed by atoms with Crippen molar-refractivity contribution in [3.05, 3.63) is 23.8 Å². The van der Waals surface area contributed by atoms with Gasteiger partial charge in [-0.15, -0.1) is 0 Å². The van der Waals surface area contributed by atoms with Crippen LogP contribution in [0.15, 0.2) is 18.2 Å². The van der Waals surface area contributed by atoms with Crippen molar-refractivity contribution in [3.63, 3.8) is 0 Å². The number of methoxy groups -OCH3 is 2. The number of carbonyl (C=O) groups excluding carboxylic acids is 1. The molecule has 18 heavy (non-hydrogen) atoms. The van der Waals surface area contributed by atoms with Crippen LogP contribution in [0.4, 0.5) is 0 Å². The molecule has 0 heterocycles. The summed E-state index contributed by atoms with van der Waals surface area (Å²) >= 11 is 0. The zero-order valence-corrected chi connectivity index (χ0v) is 11.5. The highest BCUT2D eigenvalue weighted by Gasteiger charge is 2.10. The second-order valence-corrected chi connectivity index (χ2v) is 4.19. The van der Waals surface area contributed by atoms with Crippen LogP contribution in [0.5, 0.6) is 11.5 Å². The molecule has 0 aliphatic heterocycles. The Kier molecular flexibility index (Phi) is 5.49. The van der Waals surface area contributed by atoms with Gasteiger partial charge in [0.05, 0.1) is 14.2 Å². The highest BCUT2D eigenvalue weighted by Crippen LogP contribution is 2.27. The standard InChI is InChI=1S/C14H21NO3/c1-5-6-14(16)15(2)10-11-7-8-12(17-3)13(9-11)18-4/h7-9H,5-6,10H2,1-4H3. The maximum atomic E-state index is 11.7. The molecule has 0 radical (unpaired) electrons. The Morgan fingerprint density at radius 3 is 2.44 bits per heavy atom. The minimum absolute atomic E-state index is 0.160. The lowest BCUT2D eigenvalue weighted by atomic mass is 10.2. The van der Waals surface area contributed by atoms with Crippen molar-refractivity contribution in [3.8, 4) is 11.5 Å². The Morgan fingerprint density at radius 2 is 1.89 bits per heavy atom. The highest BCUT2D eigenvalue weighted by atomic mass is 16.5. The molecule has 0 aromatic heterocycles. The van der Waals surface area contributed by atoms with Gasteiger partial charge in [-0.3, -0.25) is 4.79 Å². The second-order valence-electron chi connectivity index (χ2n) is 4.19. The fourth-order valence-corrected chi connectivity index (χ4v) is 1.75. The van der Waals surface area contributed by atoms with Crippen LogP contribution in [0.3, 0.4) is 0 Å². The molecule has 1 amide bonds. The van der Waals surface area contributed by atoms with E-state index in [1.807, 2.05) is 32.2 Å². The molecule has 0 unspecified atom stereocenters. The Morgan fingerprint density at radius 1 is 1.22 bits per heavy atom. The van der Waals surface area contributed by atoms with Crippen molar-refractivity contribution in [1.29, 1.82) is 0 Å². The summed E-state index contributed by atoms with van der Waals surface area (Å²) in [7, 11) is 5.02. The molecule has 0 aliphatic carbocycles. The Hall–Kier alpha value is -1.71. The van der Waals surface area contributed by atoms with Gasteiger partial charge < -0.3 is 14.4 Å². The summed E-state index contributed by atoms with van der Waals surface area (Å²) in [5.74, 6) is 1.54. The highest BCUT2D eigenvalue weighted by molar-refractivity contribution is 5.75. The van der Waals surface area contributed by atoms with Gasteiger partial charge in [-0.25, -0.2) is 0 Å². The van der Waals surface area contributed by atoms with Gasteiger partial charge in [0, 0.05) is 20.0 Å². The average molecular weight is 251 g/mol. The lowest BCUT2D eigenvalue weighted by Crippen LogP contribution is -2.25. The molecule has 0 saturated carbocycles. The van der Waals surface area contributed by atoms with Gasteiger partial charge in [0.1, 0.15) is 0 Å². The van der Waals surface area contributed by atoms with Crippen LogP contribution in [0, 0.1) is 0 Å². The van der Waals surface area contributed by atoms with Crippen molar-refractivity contribution in [2.75, 3.05) is 21.3 Å². The van der Waals surface area contributed by atoms with E-state index in [2.05, 4.69) is 0 Å². The summed E-state index contributed by atoms with van der Waals surface area (Å²) in [6, 6.07) is 5.69. The first-order valence-corrected chi connectivity index (χ1v) is 6.07. The van der Waals surface area contributed by atoms with Gasteiger partial charge in [-0.2, -0.15) is 0 Å². The van der Waals surface area contributed by atoms with Crippen molar-refractivity contribution >= 4 is 5.91 Å². The monoisotopic (exact) mass is 251 g/mol. The second kappa shape index (κ2) is 6.89. The normalized spacial score (nSPS) is 10.0. The first kappa shape index (κ1) is 14.4. The number of rotatable bonds is 6. The fourth-order valence-electron chi connectivity index (χ4n) is 1.75. The van der Waals surface area contributed by atoms with E-state index in [1.54, 1.807) is 19.1 Å². The molecule has 0 saturated heterocycles. The van der Waals surface area contributed by atoms with Gasteiger partial charge >= 0.3 is 0 Å². The van der Waals surface area contributed by atoms with Crippen LogP contribution < -0.4 is 9.47 Å². The molecule has 0 fully saturated rings. The SMILES string of the molecule is CCCC(=O)N(C)Cc1ccc(OC)c(OC)c1. The Labute approximate surface area is 108 Å². The maximum absolute atomic E-state index is 11.7. The number of ether oxygens (including phenoxy) is 2. The number of hydrogen-bond acceptors (Lipinski definition) is 3. The van der Waals surface area contributed by atoms with E-state index in [0.717, 1.165) is 12.0 Å². The average Bonchev–Trinajstić information content (AvgIpc) is 2.38. The number of amides is 1. The van der Waals surface area contributed by atoms with Gasteiger partial charge in [-0.1, -0.05) is 13.0 Å². The summed E-state index contributed by atoms with van der Waals surface area (Å²) in [4.78, 5) is 13.4. The molecule has 0 bridgehead atoms. The van der Waals surface area contributed by atoms with Crippen LogP contribution in [-0.4, -0.2) is 32.1 Å². The molecular weight excluding hydrogens is 230 g/mol. The molecule has 0 atom stereocenters. The first-order chi connectivity index (χ1) is 8.62. The maximum Gasteiger partial charge on any atom is 0.222 e. The van der Waals surface area contributed by atoms with Gasteiger partial charge in [0.25, 0.3) is 0 Å². The molecule has 4 heteroatoms. The molecule has 4 nitrogen and oxygen atoms in total. The van der Waals surface area contributed by atoms with E-state index in [4.69, 9.17) is 9.47 Å². The minimum atomic E-state index is 0.160. The summed E-state index contributed by atoms with van der Waals surface area (Å²) in [5, 5.41) is 0. The molecular formula is C14H21NO3. The smallest absolute Gasteiger partial charge is 0.222 e. The first-order valence-electron chi connectivity index (χ1n) is 6.07. The van der Waals surface area contributed by atoms with E-state index in [0.29, 0.717) is 24.5 Å². The van der Waals surface area contributed by atoms with Crippen LogP contribution in [0.2, 0.25) is 0 Å². The van der Waals surface area contributed by atoms with Crippen molar-refractivity contribution < 1.29 is 14.3 Å². The summed E-state index contributed by atoms with van der Waals surface area (Å²) in [5.41, 5.74) is 1.03. The Bertz CT molecular complexity index is 404. The predicted molar refractivity (Wildman–Crippen MR) is 70.9 cm³/mol. The number of benzene rings is 1. The molecule has 0 N–H and O–H groups in total. The van der Waals surface area contributed by atoms with E-state index in [1.165, 1.54) is 0 Å². The molecule has 1 aromatic carbocycles. The third kappa shape index (κ3) is 3.65. The molecule has 1 aromatic rings. The topological polar surface area (TPSA) is 38.8 Å². The fraction of sp³-hybridized carbons (Fsp3) is 0.500. The summed E-state index contributed by atoms with van der Waals surface area (Å²) in [6.07, 6.45) is 1.46. The van der Waals surface area contributed by atoms with E-state index < -0.39 is 0 Å². The van der Waals surface area contributed by atoms with Crippen LogP contribution in [0.1, 0.15) is 25.3 Å². The van der Waals surface area contributed by atoms with E-state index in [9.17, 15) is 4.79 Å². The molecule has 1 rings (SSSR count). The summed E-state index contributed by atoms with van der Waals surface area (Å²) < 4.78 is 10.4. The quantitative estimate of drug-likeness (QED) is 0.779. The molecule has 100 valence electrons. The van der Waals surface area contributed by atoms with Crippen molar-refractivity contribution in [1.82, 2.24) is 4.90 Å². The largest absolute Gasteiger partial charge is 0.493 e. The predicted octanol–water partition coefficient (Wildman–Crippen LogP) is 2.46. The lowest BCUT2D eigenvalue weighted by molar-refractivity contribution is -0.130. The number of carbonyl (C=O) groups is 1. The minimum Gasteiger partial charge on any atom is -0.493 e. The third-order valence-corrected chi connectivity index (χ3v) is 2.76. The van der Waals surface area contributed by atoms with Crippen molar-refractivity contribution in [2.24, 2.45) is 0 Å². The van der Waals surface area contributed by atoms with Crippen LogP contribution in [0.25, 0.3) is 0 Å². The van der Waals surface area contributed by atoms with Crippen LogP contribution in [-0.2, 0) is 11.3 Å². The number of hydrogen-bond donors (Lipinski definition) is 0. The Balaban J connectivity index is 2.76. The van der Waals surface area contributed by atoms with Crippen molar-refractivity contribution in [2.45, 2.75) is 26.3 Å². The van der Waals surface area contributed by atoms with Gasteiger partial charge in [-0.05, 0) is 24.1 Å². The zero-order valence-electron chi connectivity index (χ0n) is 11.5. The molecule has 0 spiro atoms. The third-order valence-electron chi connectivity index (χ3n) is 2.76. The number of nitrogens with zero attached hydrogens (tertiary/aromatic N) is 1. The van der Waals surface area contributed by atoms with E-state index >= 15 is 0 Å². The van der Waals surface area contributed by atoms with E-state index in [-0.39, 0.29) is 5.91 Å². The van der Waals surface area contributed by atoms with Crippen LogP contribution >= 0.6 is 0 Å². The zero-order chi connectivity index (χ0) is 13.5. The molecule has 0 aliphatic rings. The van der Waals surface area contributed by atoms with Gasteiger partial charge in [0.15, 0.2) is 11.5 Å².